The van der Waals surface area contributed by atoms with E-state index in [2.05, 4.69) is 38.9 Å². The highest BCUT2D eigenvalue weighted by molar-refractivity contribution is 9.10. The van der Waals surface area contributed by atoms with Crippen LogP contribution < -0.4 is 0 Å². The van der Waals surface area contributed by atoms with Crippen molar-refractivity contribution in [2.45, 2.75) is 18.4 Å². The van der Waals surface area contributed by atoms with Crippen molar-refractivity contribution in [2.75, 3.05) is 0 Å². The molecule has 0 bridgehead atoms. The van der Waals surface area contributed by atoms with Crippen LogP contribution in [0.3, 0.4) is 0 Å². The lowest BCUT2D eigenvalue weighted by molar-refractivity contribution is 1.07. The third-order valence-corrected chi connectivity index (χ3v) is 4.73. The molecule has 5 heteroatoms. The first-order chi connectivity index (χ1) is 8.65. The van der Waals surface area contributed by atoms with Crippen molar-refractivity contribution in [3.63, 3.8) is 0 Å². The Morgan fingerprint density at radius 2 is 2.11 bits per heavy atom. The first kappa shape index (κ1) is 12.5. The van der Waals surface area contributed by atoms with Gasteiger partial charge in [-0.05, 0) is 30.7 Å². The predicted molar refractivity (Wildman–Crippen MR) is 79.9 cm³/mol. The van der Waals surface area contributed by atoms with Crippen LogP contribution in [0, 0.1) is 6.92 Å². The number of thioether (sulfide) groups is 1. The monoisotopic (exact) mass is 340 g/mol. The van der Waals surface area contributed by atoms with E-state index in [1.165, 1.54) is 0 Å². The van der Waals surface area contributed by atoms with Crippen LogP contribution in [0.2, 0.25) is 5.15 Å². The van der Waals surface area contributed by atoms with Crippen molar-refractivity contribution in [1.82, 2.24) is 9.97 Å². The normalized spacial score (nSPS) is 13.7. The zero-order chi connectivity index (χ0) is 12.7. The quantitative estimate of drug-likeness (QED) is 0.708. The zero-order valence-corrected chi connectivity index (χ0v) is 12.9. The Morgan fingerprint density at radius 3 is 2.89 bits per heavy atom. The van der Waals surface area contributed by atoms with Crippen molar-refractivity contribution in [2.24, 2.45) is 0 Å². The lowest BCUT2D eigenvalue weighted by atomic mass is 10.1. The average Bonchev–Trinajstić information content (AvgIpc) is 2.77. The van der Waals surface area contributed by atoms with Gasteiger partial charge in [-0.25, -0.2) is 9.97 Å². The van der Waals surface area contributed by atoms with Gasteiger partial charge in [0.1, 0.15) is 5.15 Å². The molecular weight excluding hydrogens is 332 g/mol. The molecule has 0 saturated carbocycles. The van der Waals surface area contributed by atoms with Gasteiger partial charge in [-0.3, -0.25) is 0 Å². The third-order valence-electron chi connectivity index (χ3n) is 2.96. The van der Waals surface area contributed by atoms with Crippen molar-refractivity contribution in [3.05, 3.63) is 44.6 Å². The maximum atomic E-state index is 6.23. The number of nitrogens with zero attached hydrogens (tertiary/aromatic N) is 2. The van der Waals surface area contributed by atoms with Gasteiger partial charge >= 0.3 is 0 Å². The fourth-order valence-electron chi connectivity index (χ4n) is 2.01. The zero-order valence-electron chi connectivity index (χ0n) is 9.70. The van der Waals surface area contributed by atoms with Crippen LogP contribution in [-0.4, -0.2) is 9.97 Å². The van der Waals surface area contributed by atoms with Crippen LogP contribution in [0.1, 0.15) is 16.8 Å². The molecule has 0 aliphatic carbocycles. The fraction of sp³-hybridized carbons (Fsp3) is 0.231. The minimum Gasteiger partial charge on any atom is -0.232 e. The summed E-state index contributed by atoms with van der Waals surface area (Å²) in [6, 6.07) is 6.09. The number of hydrogen-bond donors (Lipinski definition) is 0. The molecule has 0 fully saturated rings. The second kappa shape index (κ2) is 4.83. The molecule has 0 spiro atoms. The minimum atomic E-state index is 0.599. The van der Waals surface area contributed by atoms with Crippen molar-refractivity contribution in [3.8, 4) is 11.4 Å². The van der Waals surface area contributed by atoms with Crippen LogP contribution in [-0.2, 0) is 11.5 Å². The number of hydrogen-bond acceptors (Lipinski definition) is 3. The summed E-state index contributed by atoms with van der Waals surface area (Å²) in [6.07, 6.45) is 0. The maximum absolute atomic E-state index is 6.23. The molecule has 0 unspecified atom stereocenters. The summed E-state index contributed by atoms with van der Waals surface area (Å²) in [4.78, 5) is 9.07. The van der Waals surface area contributed by atoms with Crippen LogP contribution in [0.25, 0.3) is 11.4 Å². The van der Waals surface area contributed by atoms with Gasteiger partial charge in [0.15, 0.2) is 5.82 Å². The van der Waals surface area contributed by atoms with E-state index in [0.29, 0.717) is 5.15 Å². The summed E-state index contributed by atoms with van der Waals surface area (Å²) in [5.41, 5.74) is 4.36. The van der Waals surface area contributed by atoms with E-state index in [1.807, 2.05) is 23.9 Å². The Morgan fingerprint density at radius 1 is 1.28 bits per heavy atom. The number of fused-ring (bicyclic) bond motifs is 1. The largest absolute Gasteiger partial charge is 0.232 e. The lowest BCUT2D eigenvalue weighted by Gasteiger charge is -2.08. The Bertz CT molecular complexity index is 631. The molecule has 1 aliphatic heterocycles. The molecule has 1 aromatic heterocycles. The Balaban J connectivity index is 2.15. The number of benzene rings is 1. The topological polar surface area (TPSA) is 25.8 Å². The van der Waals surface area contributed by atoms with Crippen LogP contribution in [0.5, 0.6) is 0 Å². The highest BCUT2D eigenvalue weighted by Crippen LogP contribution is 2.34. The van der Waals surface area contributed by atoms with Gasteiger partial charge in [0, 0.05) is 27.1 Å². The summed E-state index contributed by atoms with van der Waals surface area (Å²) in [5.74, 6) is 2.58. The highest BCUT2D eigenvalue weighted by Gasteiger charge is 2.19. The third kappa shape index (κ3) is 2.17. The smallest absolute Gasteiger partial charge is 0.161 e. The van der Waals surface area contributed by atoms with Crippen LogP contribution >= 0.6 is 39.3 Å². The first-order valence-electron chi connectivity index (χ1n) is 5.54. The second-order valence-corrected chi connectivity index (χ2v) is 6.47. The van der Waals surface area contributed by atoms with E-state index in [1.54, 1.807) is 0 Å². The van der Waals surface area contributed by atoms with Crippen LogP contribution in [0.4, 0.5) is 0 Å². The highest BCUT2D eigenvalue weighted by atomic mass is 79.9. The summed E-state index contributed by atoms with van der Waals surface area (Å²) < 4.78 is 1.06. The Hall–Kier alpha value is -0.580. The molecule has 0 saturated heterocycles. The molecule has 0 amide bonds. The number of aromatic nitrogens is 2. The average molecular weight is 342 g/mol. The summed E-state index contributed by atoms with van der Waals surface area (Å²) >= 11 is 11.5. The van der Waals surface area contributed by atoms with Crippen LogP contribution in [0.15, 0.2) is 22.7 Å². The van der Waals surface area contributed by atoms with E-state index >= 15 is 0 Å². The molecule has 3 rings (SSSR count). The van der Waals surface area contributed by atoms with E-state index < -0.39 is 0 Å². The molecule has 0 radical (unpaired) electrons. The number of halogens is 2. The number of aryl methyl sites for hydroxylation is 1. The Labute approximate surface area is 123 Å². The fourth-order valence-corrected chi connectivity index (χ4v) is 3.86. The molecule has 0 N–H and O–H groups in total. The molecule has 0 atom stereocenters. The van der Waals surface area contributed by atoms with Gasteiger partial charge < -0.3 is 0 Å². The molecule has 2 aromatic rings. The minimum absolute atomic E-state index is 0.599. The summed E-state index contributed by atoms with van der Waals surface area (Å²) in [6.45, 7) is 2.05. The number of rotatable bonds is 1. The van der Waals surface area contributed by atoms with Crippen molar-refractivity contribution >= 4 is 39.3 Å². The first-order valence-corrected chi connectivity index (χ1v) is 7.87. The van der Waals surface area contributed by atoms with E-state index in [0.717, 1.165) is 44.2 Å². The standard InChI is InChI=1S/C13H10BrClN2S/c1-7-4-8(14)2-3-9(7)13-16-11-6-18-5-10(11)12(15)17-13/h2-4H,5-6H2,1H3. The van der Waals surface area contributed by atoms with E-state index in [4.69, 9.17) is 11.6 Å². The molecule has 1 aromatic carbocycles. The van der Waals surface area contributed by atoms with Gasteiger partial charge in [-0.2, -0.15) is 11.8 Å². The molecule has 1 aliphatic rings. The summed E-state index contributed by atoms with van der Waals surface area (Å²) in [7, 11) is 0. The molecule has 92 valence electrons. The molecule has 18 heavy (non-hydrogen) atoms. The van der Waals surface area contributed by atoms with Crippen molar-refractivity contribution < 1.29 is 0 Å². The van der Waals surface area contributed by atoms with Gasteiger partial charge in [-0.1, -0.05) is 27.5 Å². The molecule has 2 nitrogen and oxygen atoms in total. The van der Waals surface area contributed by atoms with Crippen molar-refractivity contribution in [1.29, 1.82) is 0 Å². The lowest BCUT2D eigenvalue weighted by Crippen LogP contribution is -1.98. The molecule has 2 heterocycles. The van der Waals surface area contributed by atoms with E-state index in [-0.39, 0.29) is 0 Å². The summed E-state index contributed by atoms with van der Waals surface area (Å²) in [5, 5.41) is 0.599. The molecular formula is C13H10BrClN2S. The second-order valence-electron chi connectivity index (χ2n) is 4.22. The van der Waals surface area contributed by atoms with Gasteiger partial charge in [0.05, 0.1) is 5.69 Å². The Kier molecular flexibility index (Phi) is 3.34. The SMILES string of the molecule is Cc1cc(Br)ccc1-c1nc(Cl)c2c(n1)CSC2. The van der Waals surface area contributed by atoms with Gasteiger partial charge in [0.25, 0.3) is 0 Å². The maximum Gasteiger partial charge on any atom is 0.161 e. The van der Waals surface area contributed by atoms with Gasteiger partial charge in [0.2, 0.25) is 0 Å². The predicted octanol–water partition coefficient (Wildman–Crippen LogP) is 4.61. The van der Waals surface area contributed by atoms with Gasteiger partial charge in [-0.15, -0.1) is 0 Å². The van der Waals surface area contributed by atoms with E-state index in [9.17, 15) is 0 Å².